The zero-order valence-corrected chi connectivity index (χ0v) is 13.0. The molecule has 1 aromatic rings. The van der Waals surface area contributed by atoms with Crippen LogP contribution in [0.25, 0.3) is 0 Å². The number of ether oxygens (including phenoxy) is 2. The predicted octanol–water partition coefficient (Wildman–Crippen LogP) is 1.78. The van der Waals surface area contributed by atoms with Gasteiger partial charge < -0.3 is 14.8 Å². The lowest BCUT2D eigenvalue weighted by Crippen LogP contribution is -2.37. The van der Waals surface area contributed by atoms with Gasteiger partial charge in [-0.1, -0.05) is 23.9 Å². The van der Waals surface area contributed by atoms with E-state index in [1.54, 1.807) is 14.2 Å². The summed E-state index contributed by atoms with van der Waals surface area (Å²) in [6.07, 6.45) is 1.58. The van der Waals surface area contributed by atoms with Crippen LogP contribution in [0.4, 0.5) is 0 Å². The van der Waals surface area contributed by atoms with Gasteiger partial charge in [-0.25, -0.2) is 0 Å². The van der Waals surface area contributed by atoms with Crippen molar-refractivity contribution >= 4 is 22.8 Å². The van der Waals surface area contributed by atoms with Gasteiger partial charge in [-0.15, -0.1) is 0 Å². The topological polar surface area (TPSA) is 64.6 Å². The van der Waals surface area contributed by atoms with Gasteiger partial charge in [0.25, 0.3) is 0 Å². The maximum absolute atomic E-state index is 11.9. The second-order valence-electron chi connectivity index (χ2n) is 4.73. The third kappa shape index (κ3) is 3.91. The van der Waals surface area contributed by atoms with Crippen LogP contribution >= 0.6 is 11.8 Å². The molecular weight excluding hydrogens is 290 g/mol. The van der Waals surface area contributed by atoms with Crippen molar-refractivity contribution in [1.29, 1.82) is 0 Å². The Balaban J connectivity index is 1.93. The maximum atomic E-state index is 11.9. The van der Waals surface area contributed by atoms with Crippen LogP contribution in [-0.2, 0) is 16.0 Å². The molecule has 1 amide bonds. The monoisotopic (exact) mass is 309 g/mol. The Bertz CT molecular complexity index is 532. The molecule has 0 unspecified atom stereocenters. The molecule has 6 heteroatoms. The molecule has 1 fully saturated rings. The number of methoxy groups -OCH3 is 2. The normalized spacial score (nSPS) is 17.6. The van der Waals surface area contributed by atoms with Gasteiger partial charge in [0.05, 0.1) is 20.3 Å². The van der Waals surface area contributed by atoms with Gasteiger partial charge >= 0.3 is 0 Å². The second kappa shape index (κ2) is 7.36. The van der Waals surface area contributed by atoms with Gasteiger partial charge in [0.2, 0.25) is 11.0 Å². The molecule has 1 aromatic carbocycles. The zero-order chi connectivity index (χ0) is 15.2. The molecule has 0 bridgehead atoms. The molecule has 114 valence electrons. The lowest BCUT2D eigenvalue weighted by molar-refractivity contribution is -0.124. The van der Waals surface area contributed by atoms with Crippen molar-refractivity contribution in [3.63, 3.8) is 0 Å². The lowest BCUT2D eigenvalue weighted by Gasteiger charge is -2.13. The first kappa shape index (κ1) is 15.7. The molecule has 1 heterocycles. The van der Waals surface area contributed by atoms with Crippen molar-refractivity contribution in [3.8, 4) is 11.5 Å². The van der Waals surface area contributed by atoms with E-state index in [0.717, 1.165) is 17.7 Å². The van der Waals surface area contributed by atoms with Crippen LogP contribution in [0.5, 0.6) is 11.5 Å². The molecular formula is C15H19NO4S. The fraction of sp³-hybridized carbons (Fsp3) is 0.467. The first-order valence-electron chi connectivity index (χ1n) is 6.81. The Morgan fingerprint density at radius 3 is 2.81 bits per heavy atom. The molecule has 0 aromatic heterocycles. The van der Waals surface area contributed by atoms with Crippen LogP contribution in [0.3, 0.4) is 0 Å². The van der Waals surface area contributed by atoms with Crippen molar-refractivity contribution in [2.45, 2.75) is 25.3 Å². The first-order chi connectivity index (χ1) is 10.2. The van der Waals surface area contributed by atoms with E-state index in [1.165, 1.54) is 11.8 Å². The number of benzene rings is 1. The van der Waals surface area contributed by atoms with Crippen LogP contribution in [-0.4, -0.2) is 37.0 Å². The molecule has 1 aliphatic heterocycles. The number of carbonyl (C=O) groups is 2. The molecule has 21 heavy (non-hydrogen) atoms. The Morgan fingerprint density at radius 1 is 1.38 bits per heavy atom. The standard InChI is InChI=1S/C15H19NO4S/c1-19-12-5-3-4-10(14(12)20-2)6-7-13(17)16-11-8-9-21-15(11)18/h3-5,11H,6-9H2,1-2H3,(H,16,17)/t11-/m0/s1. The van der Waals surface area contributed by atoms with Crippen LogP contribution in [0, 0.1) is 0 Å². The van der Waals surface area contributed by atoms with E-state index < -0.39 is 0 Å². The highest BCUT2D eigenvalue weighted by Crippen LogP contribution is 2.31. The van der Waals surface area contributed by atoms with Crippen LogP contribution < -0.4 is 14.8 Å². The quantitative estimate of drug-likeness (QED) is 0.868. The molecule has 0 aliphatic carbocycles. The molecule has 0 saturated carbocycles. The molecule has 5 nitrogen and oxygen atoms in total. The van der Waals surface area contributed by atoms with Crippen LogP contribution in [0.2, 0.25) is 0 Å². The molecule has 2 rings (SSSR count). The van der Waals surface area contributed by atoms with Gasteiger partial charge in [-0.05, 0) is 24.5 Å². The summed E-state index contributed by atoms with van der Waals surface area (Å²) in [6, 6.07) is 5.27. The third-order valence-corrected chi connectivity index (χ3v) is 4.39. The van der Waals surface area contributed by atoms with Crippen molar-refractivity contribution in [1.82, 2.24) is 5.32 Å². The highest BCUT2D eigenvalue weighted by Gasteiger charge is 2.26. The fourth-order valence-electron chi connectivity index (χ4n) is 2.29. The molecule has 1 saturated heterocycles. The van der Waals surface area contributed by atoms with Crippen molar-refractivity contribution in [3.05, 3.63) is 23.8 Å². The number of nitrogens with one attached hydrogen (secondary N) is 1. The second-order valence-corrected chi connectivity index (χ2v) is 5.83. The lowest BCUT2D eigenvalue weighted by atomic mass is 10.1. The largest absolute Gasteiger partial charge is 0.493 e. The van der Waals surface area contributed by atoms with Crippen molar-refractivity contribution in [2.24, 2.45) is 0 Å². The number of para-hydroxylation sites is 1. The number of carbonyl (C=O) groups excluding carboxylic acids is 2. The Hall–Kier alpha value is -1.69. The zero-order valence-electron chi connectivity index (χ0n) is 12.2. The number of rotatable bonds is 6. The van der Waals surface area contributed by atoms with Gasteiger partial charge in [-0.3, -0.25) is 9.59 Å². The summed E-state index contributed by atoms with van der Waals surface area (Å²) in [5, 5.41) is 2.84. The summed E-state index contributed by atoms with van der Waals surface area (Å²) >= 11 is 1.28. The number of hydrogen-bond acceptors (Lipinski definition) is 5. The Labute approximate surface area is 128 Å². The summed E-state index contributed by atoms with van der Waals surface area (Å²) in [5.74, 6) is 1.98. The van der Waals surface area contributed by atoms with Gasteiger partial charge in [-0.2, -0.15) is 0 Å². The number of hydrogen-bond donors (Lipinski definition) is 1. The van der Waals surface area contributed by atoms with E-state index in [1.807, 2.05) is 18.2 Å². The molecule has 1 N–H and O–H groups in total. The first-order valence-corrected chi connectivity index (χ1v) is 7.80. The van der Waals surface area contributed by atoms with Gasteiger partial charge in [0, 0.05) is 12.2 Å². The van der Waals surface area contributed by atoms with Crippen LogP contribution in [0.15, 0.2) is 18.2 Å². The minimum Gasteiger partial charge on any atom is -0.493 e. The Kier molecular flexibility index (Phi) is 5.50. The smallest absolute Gasteiger partial charge is 0.220 e. The van der Waals surface area contributed by atoms with E-state index in [2.05, 4.69) is 5.32 Å². The summed E-state index contributed by atoms with van der Waals surface area (Å²) in [6.45, 7) is 0. The Morgan fingerprint density at radius 2 is 2.19 bits per heavy atom. The molecule has 0 spiro atoms. The number of thioether (sulfide) groups is 1. The van der Waals surface area contributed by atoms with Gasteiger partial charge in [0.15, 0.2) is 11.5 Å². The van der Waals surface area contributed by atoms with E-state index in [9.17, 15) is 9.59 Å². The SMILES string of the molecule is COc1cccc(CCC(=O)N[C@H]2CCSC2=O)c1OC. The van der Waals surface area contributed by atoms with Crippen molar-refractivity contribution in [2.75, 3.05) is 20.0 Å². The number of aryl methyl sites for hydroxylation is 1. The maximum Gasteiger partial charge on any atom is 0.220 e. The molecule has 1 atom stereocenters. The highest BCUT2D eigenvalue weighted by molar-refractivity contribution is 8.14. The van der Waals surface area contributed by atoms with Crippen molar-refractivity contribution < 1.29 is 19.1 Å². The average molecular weight is 309 g/mol. The highest BCUT2D eigenvalue weighted by atomic mass is 32.2. The fourth-order valence-corrected chi connectivity index (χ4v) is 3.22. The minimum absolute atomic E-state index is 0.0577. The third-order valence-electron chi connectivity index (χ3n) is 3.38. The van der Waals surface area contributed by atoms with E-state index in [4.69, 9.17) is 9.47 Å². The van der Waals surface area contributed by atoms with Gasteiger partial charge in [0.1, 0.15) is 0 Å². The molecule has 1 aliphatic rings. The van der Waals surface area contributed by atoms with E-state index >= 15 is 0 Å². The predicted molar refractivity (Wildman–Crippen MR) is 81.9 cm³/mol. The summed E-state index contributed by atoms with van der Waals surface area (Å²) < 4.78 is 10.6. The summed E-state index contributed by atoms with van der Waals surface area (Å²) in [5.41, 5.74) is 0.916. The van der Waals surface area contributed by atoms with E-state index in [-0.39, 0.29) is 17.1 Å². The number of amides is 1. The average Bonchev–Trinajstić information content (AvgIpc) is 2.89. The minimum atomic E-state index is -0.324. The summed E-state index contributed by atoms with van der Waals surface area (Å²) in [7, 11) is 3.16. The molecule has 0 radical (unpaired) electrons. The summed E-state index contributed by atoms with van der Waals surface area (Å²) in [4.78, 5) is 23.4. The van der Waals surface area contributed by atoms with Crippen LogP contribution in [0.1, 0.15) is 18.4 Å². The van der Waals surface area contributed by atoms with E-state index in [0.29, 0.717) is 24.3 Å².